The average Bonchev–Trinajstić information content (AvgIpc) is 3.29. The summed E-state index contributed by atoms with van der Waals surface area (Å²) in [6.07, 6.45) is 4.17. The zero-order valence-electron chi connectivity index (χ0n) is 15.9. The Balaban J connectivity index is 1.44. The van der Waals surface area contributed by atoms with Gasteiger partial charge in [0.15, 0.2) is 5.89 Å². The second-order valence-electron chi connectivity index (χ2n) is 7.21. The van der Waals surface area contributed by atoms with Crippen LogP contribution in [0.5, 0.6) is 0 Å². The van der Waals surface area contributed by atoms with E-state index in [0.717, 1.165) is 46.3 Å². The van der Waals surface area contributed by atoms with Crippen LogP contribution in [-0.2, 0) is 6.42 Å². The van der Waals surface area contributed by atoms with Crippen LogP contribution in [-0.4, -0.2) is 33.9 Å². The van der Waals surface area contributed by atoms with Crippen molar-refractivity contribution in [3.05, 3.63) is 69.1 Å². The van der Waals surface area contributed by atoms with Crippen LogP contribution in [0.3, 0.4) is 0 Å². The van der Waals surface area contributed by atoms with Crippen molar-refractivity contribution in [1.82, 2.24) is 14.9 Å². The number of oxazole rings is 1. The molecule has 0 saturated carbocycles. The van der Waals surface area contributed by atoms with Crippen LogP contribution in [0, 0.1) is 19.7 Å². The third kappa shape index (κ3) is 3.99. The van der Waals surface area contributed by atoms with E-state index in [1.807, 2.05) is 18.7 Å². The number of carbonyl (C=O) groups excluding carboxylic acids is 1. The van der Waals surface area contributed by atoms with Gasteiger partial charge < -0.3 is 9.32 Å². The SMILES string of the molecule is Cc1nc(C)c(C(=O)N2CCCC(c3ncc(Cc4ccc(F)cc4)o3)C2)s1. The third-order valence-corrected chi connectivity index (χ3v) is 6.08. The molecule has 2 aromatic heterocycles. The Labute approximate surface area is 167 Å². The Morgan fingerprint density at radius 1 is 1.32 bits per heavy atom. The number of aryl methyl sites for hydroxylation is 2. The zero-order valence-corrected chi connectivity index (χ0v) is 16.8. The van der Waals surface area contributed by atoms with Crippen molar-refractivity contribution in [2.45, 2.75) is 39.0 Å². The Bertz CT molecular complexity index is 980. The summed E-state index contributed by atoms with van der Waals surface area (Å²) in [7, 11) is 0. The van der Waals surface area contributed by atoms with E-state index in [1.54, 1.807) is 18.3 Å². The van der Waals surface area contributed by atoms with Crippen molar-refractivity contribution in [2.24, 2.45) is 0 Å². The quantitative estimate of drug-likeness (QED) is 0.648. The molecule has 0 spiro atoms. The summed E-state index contributed by atoms with van der Waals surface area (Å²) in [5.74, 6) is 1.31. The summed E-state index contributed by atoms with van der Waals surface area (Å²) < 4.78 is 19.0. The fraction of sp³-hybridized carbons (Fsp3) is 0.381. The van der Waals surface area contributed by atoms with E-state index in [-0.39, 0.29) is 17.6 Å². The van der Waals surface area contributed by atoms with Gasteiger partial charge in [0.1, 0.15) is 16.5 Å². The summed E-state index contributed by atoms with van der Waals surface area (Å²) in [5, 5.41) is 0.910. The molecule has 3 aromatic rings. The number of nitrogens with zero attached hydrogens (tertiary/aromatic N) is 3. The van der Waals surface area contributed by atoms with Gasteiger partial charge in [-0.3, -0.25) is 4.79 Å². The van der Waals surface area contributed by atoms with Crippen molar-refractivity contribution in [3.8, 4) is 0 Å². The molecular formula is C21H22FN3O2S. The minimum atomic E-state index is -0.250. The molecule has 1 aromatic carbocycles. The number of amides is 1. The van der Waals surface area contributed by atoms with E-state index >= 15 is 0 Å². The summed E-state index contributed by atoms with van der Waals surface area (Å²) in [5.41, 5.74) is 1.77. The summed E-state index contributed by atoms with van der Waals surface area (Å²) in [6, 6.07) is 6.39. The van der Waals surface area contributed by atoms with E-state index < -0.39 is 0 Å². The second kappa shape index (κ2) is 7.83. The minimum absolute atomic E-state index is 0.0471. The van der Waals surface area contributed by atoms with E-state index in [4.69, 9.17) is 4.42 Å². The topological polar surface area (TPSA) is 59.2 Å². The predicted octanol–water partition coefficient (Wildman–Crippen LogP) is 4.50. The van der Waals surface area contributed by atoms with E-state index in [2.05, 4.69) is 9.97 Å². The summed E-state index contributed by atoms with van der Waals surface area (Å²) >= 11 is 1.45. The maximum Gasteiger partial charge on any atom is 0.265 e. The molecule has 5 nitrogen and oxygen atoms in total. The molecule has 3 heterocycles. The lowest BCUT2D eigenvalue weighted by molar-refractivity contribution is 0.0702. The first-order chi connectivity index (χ1) is 13.5. The summed E-state index contributed by atoms with van der Waals surface area (Å²) in [6.45, 7) is 5.15. The number of halogens is 1. The van der Waals surface area contributed by atoms with Crippen LogP contribution in [0.25, 0.3) is 0 Å². The molecule has 1 atom stereocenters. The van der Waals surface area contributed by atoms with E-state index in [0.29, 0.717) is 18.9 Å². The zero-order chi connectivity index (χ0) is 19.7. The first kappa shape index (κ1) is 18.8. The smallest absolute Gasteiger partial charge is 0.265 e. The monoisotopic (exact) mass is 399 g/mol. The first-order valence-corrected chi connectivity index (χ1v) is 10.2. The maximum atomic E-state index is 13.1. The largest absolute Gasteiger partial charge is 0.445 e. The molecule has 4 rings (SSSR count). The van der Waals surface area contributed by atoms with Gasteiger partial charge in [-0.25, -0.2) is 14.4 Å². The molecule has 146 valence electrons. The highest BCUT2D eigenvalue weighted by Gasteiger charge is 2.30. The fourth-order valence-corrected chi connectivity index (χ4v) is 4.52. The molecular weight excluding hydrogens is 377 g/mol. The van der Waals surface area contributed by atoms with Crippen LogP contribution in [0.1, 0.15) is 56.3 Å². The Kier molecular flexibility index (Phi) is 5.26. The molecule has 1 amide bonds. The van der Waals surface area contributed by atoms with Gasteiger partial charge in [0, 0.05) is 19.5 Å². The van der Waals surface area contributed by atoms with E-state index in [9.17, 15) is 9.18 Å². The molecule has 1 fully saturated rings. The number of likely N-dealkylation sites (tertiary alicyclic amines) is 1. The van der Waals surface area contributed by atoms with Crippen molar-refractivity contribution < 1.29 is 13.6 Å². The Morgan fingerprint density at radius 3 is 2.82 bits per heavy atom. The fourth-order valence-electron chi connectivity index (χ4n) is 3.63. The molecule has 1 aliphatic rings. The highest BCUT2D eigenvalue weighted by Crippen LogP contribution is 2.29. The molecule has 7 heteroatoms. The van der Waals surface area contributed by atoms with Crippen LogP contribution in [0.4, 0.5) is 4.39 Å². The second-order valence-corrected chi connectivity index (χ2v) is 8.41. The average molecular weight is 399 g/mol. The summed E-state index contributed by atoms with van der Waals surface area (Å²) in [4.78, 5) is 24.3. The molecule has 1 saturated heterocycles. The van der Waals surface area contributed by atoms with Crippen molar-refractivity contribution in [3.63, 3.8) is 0 Å². The molecule has 0 bridgehead atoms. The van der Waals surface area contributed by atoms with E-state index in [1.165, 1.54) is 23.5 Å². The standard InChI is InChI=1S/C21H22FN3O2S/c1-13-19(28-14(2)24-13)21(26)25-9-3-4-16(12-25)20-23-11-18(27-20)10-15-5-7-17(22)8-6-15/h5-8,11,16H,3-4,9-10,12H2,1-2H3. The van der Waals surface area contributed by atoms with Gasteiger partial charge in [0.25, 0.3) is 5.91 Å². The molecule has 0 aliphatic carbocycles. The molecule has 0 N–H and O–H groups in total. The normalized spacial score (nSPS) is 17.1. The number of hydrogen-bond donors (Lipinski definition) is 0. The molecule has 1 aliphatic heterocycles. The van der Waals surface area contributed by atoms with Gasteiger partial charge in [0.05, 0.1) is 22.8 Å². The lowest BCUT2D eigenvalue weighted by Crippen LogP contribution is -2.39. The Morgan fingerprint density at radius 2 is 2.11 bits per heavy atom. The highest BCUT2D eigenvalue weighted by atomic mass is 32.1. The molecule has 1 unspecified atom stereocenters. The lowest BCUT2D eigenvalue weighted by atomic mass is 9.98. The number of aromatic nitrogens is 2. The van der Waals surface area contributed by atoms with Crippen LogP contribution < -0.4 is 0 Å². The minimum Gasteiger partial charge on any atom is -0.445 e. The van der Waals surface area contributed by atoms with Gasteiger partial charge in [0.2, 0.25) is 0 Å². The van der Waals surface area contributed by atoms with Crippen molar-refractivity contribution >= 4 is 17.2 Å². The number of carbonyl (C=O) groups is 1. The third-order valence-electron chi connectivity index (χ3n) is 5.02. The van der Waals surface area contributed by atoms with Gasteiger partial charge in [-0.1, -0.05) is 12.1 Å². The van der Waals surface area contributed by atoms with Crippen LogP contribution in [0.2, 0.25) is 0 Å². The number of rotatable bonds is 4. The number of piperidine rings is 1. The van der Waals surface area contributed by atoms with Crippen LogP contribution >= 0.6 is 11.3 Å². The highest BCUT2D eigenvalue weighted by molar-refractivity contribution is 7.13. The first-order valence-electron chi connectivity index (χ1n) is 9.42. The number of thiazole rings is 1. The number of hydrogen-bond acceptors (Lipinski definition) is 5. The lowest BCUT2D eigenvalue weighted by Gasteiger charge is -2.31. The maximum absolute atomic E-state index is 13.1. The molecule has 0 radical (unpaired) electrons. The van der Waals surface area contributed by atoms with Gasteiger partial charge in [-0.2, -0.15) is 0 Å². The van der Waals surface area contributed by atoms with Crippen molar-refractivity contribution in [2.75, 3.05) is 13.1 Å². The Hall–Kier alpha value is -2.54. The van der Waals surface area contributed by atoms with Gasteiger partial charge >= 0.3 is 0 Å². The number of benzene rings is 1. The van der Waals surface area contributed by atoms with Crippen molar-refractivity contribution in [1.29, 1.82) is 0 Å². The van der Waals surface area contributed by atoms with Gasteiger partial charge in [-0.15, -0.1) is 11.3 Å². The molecule has 28 heavy (non-hydrogen) atoms. The predicted molar refractivity (Wildman–Crippen MR) is 105 cm³/mol. The van der Waals surface area contributed by atoms with Crippen LogP contribution in [0.15, 0.2) is 34.9 Å². The van der Waals surface area contributed by atoms with Gasteiger partial charge in [-0.05, 0) is 44.4 Å².